The summed E-state index contributed by atoms with van der Waals surface area (Å²) in [5, 5.41) is 3.48. The summed E-state index contributed by atoms with van der Waals surface area (Å²) < 4.78 is 0. The van der Waals surface area contributed by atoms with E-state index in [4.69, 9.17) is 0 Å². The molecule has 130 valence electrons. The lowest BCUT2D eigenvalue weighted by Crippen LogP contribution is -2.15. The first kappa shape index (κ1) is 23.2. The highest BCUT2D eigenvalue weighted by atomic mass is 14.8. The summed E-state index contributed by atoms with van der Waals surface area (Å²) in [6.45, 7) is 6.95. The molecule has 0 spiro atoms. The van der Waals surface area contributed by atoms with Crippen molar-refractivity contribution in [1.82, 2.24) is 11.5 Å². The fourth-order valence-electron chi connectivity index (χ4n) is 2.75. The molecular formula is C19H44N2. The van der Waals surface area contributed by atoms with E-state index < -0.39 is 0 Å². The van der Waals surface area contributed by atoms with E-state index in [1.165, 1.54) is 109 Å². The van der Waals surface area contributed by atoms with Gasteiger partial charge in [0.25, 0.3) is 0 Å². The Labute approximate surface area is 135 Å². The summed E-state index contributed by atoms with van der Waals surface area (Å²) in [5.74, 6) is 0. The van der Waals surface area contributed by atoms with Crippen molar-refractivity contribution in [3.8, 4) is 0 Å². The summed E-state index contributed by atoms with van der Waals surface area (Å²) >= 11 is 0. The Morgan fingerprint density at radius 1 is 0.429 bits per heavy atom. The molecule has 0 bridgehead atoms. The number of nitrogens with one attached hydrogen (secondary N) is 1. The van der Waals surface area contributed by atoms with Gasteiger partial charge in [0.15, 0.2) is 0 Å². The Bertz CT molecular complexity index is 142. The van der Waals surface area contributed by atoms with Gasteiger partial charge in [-0.3, -0.25) is 0 Å². The fourth-order valence-corrected chi connectivity index (χ4v) is 2.75. The average Bonchev–Trinajstić information content (AvgIpc) is 2.47. The molecule has 0 aromatic heterocycles. The SMILES string of the molecule is CCCCCCCCCCCCCCCCNCCC.N. The molecule has 0 aliphatic carbocycles. The molecule has 0 radical (unpaired) electrons. The predicted molar refractivity (Wildman–Crippen MR) is 98.5 cm³/mol. The van der Waals surface area contributed by atoms with Gasteiger partial charge in [0.05, 0.1) is 0 Å². The number of rotatable bonds is 17. The monoisotopic (exact) mass is 300 g/mol. The van der Waals surface area contributed by atoms with Crippen LogP contribution in [0.2, 0.25) is 0 Å². The van der Waals surface area contributed by atoms with Crippen LogP contribution >= 0.6 is 0 Å². The molecule has 0 heterocycles. The first-order valence-corrected chi connectivity index (χ1v) is 9.62. The molecule has 0 unspecified atom stereocenters. The van der Waals surface area contributed by atoms with Gasteiger partial charge in [-0.05, 0) is 25.9 Å². The number of hydrogen-bond donors (Lipinski definition) is 2. The minimum atomic E-state index is 0. The van der Waals surface area contributed by atoms with Crippen LogP contribution in [0.3, 0.4) is 0 Å². The van der Waals surface area contributed by atoms with Crippen molar-refractivity contribution in [1.29, 1.82) is 0 Å². The van der Waals surface area contributed by atoms with Crippen molar-refractivity contribution in [2.45, 2.75) is 110 Å². The van der Waals surface area contributed by atoms with Crippen molar-refractivity contribution in [2.75, 3.05) is 13.1 Å². The van der Waals surface area contributed by atoms with Crippen molar-refractivity contribution in [3.63, 3.8) is 0 Å². The van der Waals surface area contributed by atoms with Crippen molar-refractivity contribution >= 4 is 0 Å². The average molecular weight is 301 g/mol. The van der Waals surface area contributed by atoms with Gasteiger partial charge in [-0.2, -0.15) is 0 Å². The molecule has 0 atom stereocenters. The molecule has 21 heavy (non-hydrogen) atoms. The molecular weight excluding hydrogens is 256 g/mol. The maximum atomic E-state index is 3.48. The second kappa shape index (κ2) is 22.2. The first-order valence-electron chi connectivity index (χ1n) is 9.62. The molecule has 0 aliphatic heterocycles. The van der Waals surface area contributed by atoms with E-state index in [0.29, 0.717) is 0 Å². The highest BCUT2D eigenvalue weighted by Gasteiger charge is 1.94. The van der Waals surface area contributed by atoms with Gasteiger partial charge in [-0.1, -0.05) is 97.3 Å². The Balaban J connectivity index is 0. The van der Waals surface area contributed by atoms with Crippen LogP contribution in [0.25, 0.3) is 0 Å². The van der Waals surface area contributed by atoms with Gasteiger partial charge in [0, 0.05) is 0 Å². The Morgan fingerprint density at radius 3 is 1.19 bits per heavy atom. The smallest absolute Gasteiger partial charge is 0.00489 e. The quantitative estimate of drug-likeness (QED) is 0.296. The van der Waals surface area contributed by atoms with Crippen LogP contribution in [0.15, 0.2) is 0 Å². The molecule has 0 fully saturated rings. The zero-order valence-electron chi connectivity index (χ0n) is 15.2. The summed E-state index contributed by atoms with van der Waals surface area (Å²) in [7, 11) is 0. The molecule has 0 saturated carbocycles. The molecule has 0 rings (SSSR count). The maximum absolute atomic E-state index is 3.48. The summed E-state index contributed by atoms with van der Waals surface area (Å²) in [6.07, 6.45) is 21.6. The molecule has 2 heteroatoms. The third-order valence-electron chi connectivity index (χ3n) is 4.13. The van der Waals surface area contributed by atoms with Crippen LogP contribution in [-0.4, -0.2) is 13.1 Å². The highest BCUT2D eigenvalue weighted by molar-refractivity contribution is 4.51. The topological polar surface area (TPSA) is 47.0 Å². The zero-order valence-corrected chi connectivity index (χ0v) is 15.2. The Morgan fingerprint density at radius 2 is 0.810 bits per heavy atom. The van der Waals surface area contributed by atoms with Crippen LogP contribution < -0.4 is 11.5 Å². The highest BCUT2D eigenvalue weighted by Crippen LogP contribution is 2.12. The molecule has 0 aromatic carbocycles. The van der Waals surface area contributed by atoms with Gasteiger partial charge in [0.2, 0.25) is 0 Å². The Kier molecular flexibility index (Phi) is 24.5. The lowest BCUT2D eigenvalue weighted by Gasteiger charge is -2.04. The van der Waals surface area contributed by atoms with E-state index in [2.05, 4.69) is 19.2 Å². The minimum absolute atomic E-state index is 0. The first-order chi connectivity index (χ1) is 9.91. The normalized spacial score (nSPS) is 10.6. The van der Waals surface area contributed by atoms with Crippen molar-refractivity contribution in [2.24, 2.45) is 0 Å². The standard InChI is InChI=1S/C19H41N.H3N/c1-3-5-6-7-8-9-10-11-12-13-14-15-16-17-19-20-18-4-2;/h20H,3-19H2,1-2H3;1H3. The Hall–Kier alpha value is -0.0800. The summed E-state index contributed by atoms with van der Waals surface area (Å²) in [4.78, 5) is 0. The van der Waals surface area contributed by atoms with Gasteiger partial charge in [-0.25, -0.2) is 0 Å². The summed E-state index contributed by atoms with van der Waals surface area (Å²) in [5.41, 5.74) is 0. The molecule has 2 nitrogen and oxygen atoms in total. The van der Waals surface area contributed by atoms with Crippen LogP contribution in [0, 0.1) is 0 Å². The molecule has 4 N–H and O–H groups in total. The van der Waals surface area contributed by atoms with Crippen LogP contribution in [0.1, 0.15) is 110 Å². The fraction of sp³-hybridized carbons (Fsp3) is 1.00. The van der Waals surface area contributed by atoms with Crippen LogP contribution in [0.4, 0.5) is 0 Å². The number of hydrogen-bond acceptors (Lipinski definition) is 2. The van der Waals surface area contributed by atoms with Crippen LogP contribution in [0.5, 0.6) is 0 Å². The third-order valence-corrected chi connectivity index (χ3v) is 4.13. The third kappa shape index (κ3) is 22.3. The second-order valence-electron chi connectivity index (χ2n) is 6.35. The molecule has 0 saturated heterocycles. The largest absolute Gasteiger partial charge is 0.344 e. The van der Waals surface area contributed by atoms with Crippen molar-refractivity contribution in [3.05, 3.63) is 0 Å². The van der Waals surface area contributed by atoms with Gasteiger partial charge < -0.3 is 11.5 Å². The van der Waals surface area contributed by atoms with E-state index in [1.807, 2.05) is 0 Å². The van der Waals surface area contributed by atoms with E-state index in [0.717, 1.165) is 0 Å². The van der Waals surface area contributed by atoms with E-state index in [9.17, 15) is 0 Å². The molecule has 0 amide bonds. The molecule has 0 aliphatic rings. The predicted octanol–water partition coefficient (Wildman–Crippen LogP) is 6.63. The maximum Gasteiger partial charge on any atom is -0.00489 e. The summed E-state index contributed by atoms with van der Waals surface area (Å²) in [6, 6.07) is 0. The second-order valence-corrected chi connectivity index (χ2v) is 6.35. The minimum Gasteiger partial charge on any atom is -0.344 e. The number of unbranched alkanes of at least 4 members (excludes halogenated alkanes) is 13. The van der Waals surface area contributed by atoms with E-state index >= 15 is 0 Å². The van der Waals surface area contributed by atoms with Crippen LogP contribution in [-0.2, 0) is 0 Å². The van der Waals surface area contributed by atoms with E-state index in [1.54, 1.807) is 0 Å². The van der Waals surface area contributed by atoms with E-state index in [-0.39, 0.29) is 6.15 Å². The lowest BCUT2D eigenvalue weighted by molar-refractivity contribution is 0.529. The van der Waals surface area contributed by atoms with Gasteiger partial charge in [-0.15, -0.1) is 0 Å². The lowest BCUT2D eigenvalue weighted by atomic mass is 10.0. The van der Waals surface area contributed by atoms with Gasteiger partial charge >= 0.3 is 0 Å². The van der Waals surface area contributed by atoms with Gasteiger partial charge in [0.1, 0.15) is 0 Å². The van der Waals surface area contributed by atoms with Crippen molar-refractivity contribution < 1.29 is 0 Å². The zero-order chi connectivity index (χ0) is 14.7. The molecule has 0 aromatic rings.